The van der Waals surface area contributed by atoms with Crippen LogP contribution >= 0.6 is 19.0 Å². The number of benzene rings is 3. The molecular weight excluding hydrogens is 437 g/mol. The molecule has 1 fully saturated rings. The molecule has 1 saturated heterocycles. The fraction of sp³-hybridized carbons (Fsp3) is 0.231. The maximum absolute atomic E-state index is 12.2. The molecule has 1 aliphatic rings. The Bertz CT molecular complexity index is 934. The number of carbonyl (C=O) groups is 2. The van der Waals surface area contributed by atoms with Gasteiger partial charge in [-0.15, -0.1) is 0 Å². The van der Waals surface area contributed by atoms with Crippen LogP contribution in [0, 0.1) is 0 Å². The van der Waals surface area contributed by atoms with Gasteiger partial charge in [-0.2, -0.15) is 0 Å². The quantitative estimate of drug-likeness (QED) is 0.294. The van der Waals surface area contributed by atoms with Gasteiger partial charge < -0.3 is 10.1 Å². The van der Waals surface area contributed by atoms with E-state index in [2.05, 4.69) is 96.3 Å². The lowest BCUT2D eigenvalue weighted by atomic mass is 10.3. The lowest BCUT2D eigenvalue weighted by molar-refractivity contribution is -0.145. The van der Waals surface area contributed by atoms with Crippen molar-refractivity contribution in [2.75, 3.05) is 18.5 Å². The van der Waals surface area contributed by atoms with Crippen LogP contribution in [-0.2, 0) is 9.53 Å². The summed E-state index contributed by atoms with van der Waals surface area (Å²) in [7, 11) is -1.85. The fourth-order valence-electron chi connectivity index (χ4n) is 4.12. The van der Waals surface area contributed by atoms with Crippen LogP contribution in [0.4, 0.5) is 4.79 Å². The van der Waals surface area contributed by atoms with Crippen molar-refractivity contribution in [1.29, 1.82) is 0 Å². The van der Waals surface area contributed by atoms with Crippen LogP contribution in [0.25, 0.3) is 0 Å². The van der Waals surface area contributed by atoms with E-state index in [1.165, 1.54) is 15.9 Å². The molecule has 4 nitrogen and oxygen atoms in total. The van der Waals surface area contributed by atoms with E-state index in [0.717, 1.165) is 30.8 Å². The molecule has 1 atom stereocenters. The van der Waals surface area contributed by atoms with Gasteiger partial charge in [-0.3, -0.25) is 4.79 Å². The van der Waals surface area contributed by atoms with Crippen LogP contribution in [0.15, 0.2) is 91.0 Å². The van der Waals surface area contributed by atoms with Crippen LogP contribution in [-0.4, -0.2) is 35.8 Å². The number of hydrogen-bond donors (Lipinski definition) is 1. The van der Waals surface area contributed by atoms with Crippen molar-refractivity contribution in [3.8, 4) is 0 Å². The summed E-state index contributed by atoms with van der Waals surface area (Å²) in [5, 5.41) is 6.56. The lowest BCUT2D eigenvalue weighted by Crippen LogP contribution is -2.36. The summed E-state index contributed by atoms with van der Waals surface area (Å²) in [6.45, 7) is 0.369. The monoisotopic (exact) mass is 464 g/mol. The number of amides is 1. The van der Waals surface area contributed by atoms with Gasteiger partial charge in [-0.1, -0.05) is 66.4 Å². The van der Waals surface area contributed by atoms with E-state index in [1.54, 1.807) is 0 Å². The minimum absolute atomic E-state index is 0.157. The Morgan fingerprint density at radius 3 is 1.78 bits per heavy atom. The number of thioether (sulfide) groups is 1. The first-order valence-electron chi connectivity index (χ1n) is 10.8. The molecule has 3 aromatic rings. The van der Waals surface area contributed by atoms with Crippen LogP contribution in [0.3, 0.4) is 0 Å². The van der Waals surface area contributed by atoms with E-state index >= 15 is 0 Å². The third kappa shape index (κ3) is 5.06. The molecule has 0 radical (unpaired) electrons. The topological polar surface area (TPSA) is 55.4 Å². The number of esters is 1. The molecular formula is C26H27NO3PS+. The van der Waals surface area contributed by atoms with Gasteiger partial charge in [0.1, 0.15) is 29.2 Å². The zero-order valence-electron chi connectivity index (χ0n) is 17.9. The largest absolute Gasteiger partial charge is 0.464 e. The average Bonchev–Trinajstić information content (AvgIpc) is 3.29. The van der Waals surface area contributed by atoms with Crippen LogP contribution in [0.5, 0.6) is 0 Å². The highest BCUT2D eigenvalue weighted by molar-refractivity contribution is 8.14. The Labute approximate surface area is 194 Å². The number of unbranched alkanes of at least 4 members (excludes halogenated alkanes) is 1. The van der Waals surface area contributed by atoms with Crippen molar-refractivity contribution in [1.82, 2.24) is 5.32 Å². The van der Waals surface area contributed by atoms with Gasteiger partial charge in [0.05, 0.1) is 12.8 Å². The molecule has 1 N–H and O–H groups in total. The second-order valence-electron chi connectivity index (χ2n) is 7.71. The molecule has 1 heterocycles. The van der Waals surface area contributed by atoms with Gasteiger partial charge in [0.25, 0.3) is 5.24 Å². The summed E-state index contributed by atoms with van der Waals surface area (Å²) < 4.78 is 5.45. The van der Waals surface area contributed by atoms with Crippen molar-refractivity contribution >= 4 is 46.1 Å². The maximum Gasteiger partial charge on any atom is 0.329 e. The molecule has 3 aromatic carbocycles. The molecule has 1 amide bonds. The van der Waals surface area contributed by atoms with Crippen molar-refractivity contribution in [2.45, 2.75) is 18.9 Å². The molecule has 4 rings (SSSR count). The molecule has 32 heavy (non-hydrogen) atoms. The Balaban J connectivity index is 1.52. The smallest absolute Gasteiger partial charge is 0.329 e. The van der Waals surface area contributed by atoms with Gasteiger partial charge in [-0.25, -0.2) is 4.79 Å². The summed E-state index contributed by atoms with van der Waals surface area (Å²) in [6, 6.07) is 31.8. The summed E-state index contributed by atoms with van der Waals surface area (Å²) in [5.41, 5.74) is 0. The first kappa shape index (κ1) is 22.6. The third-order valence-corrected chi connectivity index (χ3v) is 11.1. The summed E-state index contributed by atoms with van der Waals surface area (Å²) in [6.07, 6.45) is 2.72. The summed E-state index contributed by atoms with van der Waals surface area (Å²) >= 11 is 1.13. The summed E-state index contributed by atoms with van der Waals surface area (Å²) in [5.74, 6) is 0.112. The lowest BCUT2D eigenvalue weighted by Gasteiger charge is -2.27. The number of rotatable bonds is 9. The van der Waals surface area contributed by atoms with Gasteiger partial charge in [0, 0.05) is 5.75 Å². The molecule has 1 aliphatic heterocycles. The van der Waals surface area contributed by atoms with Crippen LogP contribution < -0.4 is 21.2 Å². The highest BCUT2D eigenvalue weighted by Crippen LogP contribution is 2.55. The molecule has 0 bridgehead atoms. The Kier molecular flexibility index (Phi) is 7.62. The molecule has 1 unspecified atom stereocenters. The standard InChI is InChI=1S/C26H26NO3PS/c28-25(24-20-32-26(29)27-24)30-18-10-11-19-31(21-12-4-1-5-13-21,22-14-6-2-7-15-22)23-16-8-3-9-17-23/h1-9,12-17,24H,10-11,18-20H2/p+1. The minimum Gasteiger partial charge on any atom is -0.464 e. The summed E-state index contributed by atoms with van der Waals surface area (Å²) in [4.78, 5) is 23.5. The van der Waals surface area contributed by atoms with Gasteiger partial charge in [0.15, 0.2) is 0 Å². The third-order valence-electron chi connectivity index (χ3n) is 5.68. The zero-order chi connectivity index (χ0) is 22.2. The van der Waals surface area contributed by atoms with E-state index < -0.39 is 13.3 Å². The molecule has 164 valence electrons. The SMILES string of the molecule is O=C1NC(C(=O)OCCCC[P+](c2ccccc2)(c2ccccc2)c2ccccc2)CS1. The average molecular weight is 465 g/mol. The molecule has 0 saturated carbocycles. The Morgan fingerprint density at radius 2 is 1.34 bits per heavy atom. The predicted molar refractivity (Wildman–Crippen MR) is 135 cm³/mol. The van der Waals surface area contributed by atoms with E-state index in [1.807, 2.05) is 0 Å². The zero-order valence-corrected chi connectivity index (χ0v) is 19.6. The fourth-order valence-corrected chi connectivity index (χ4v) is 9.29. The normalized spacial score (nSPS) is 15.9. The second kappa shape index (κ2) is 10.8. The van der Waals surface area contributed by atoms with Crippen LogP contribution in [0.2, 0.25) is 0 Å². The van der Waals surface area contributed by atoms with Crippen molar-refractivity contribution in [3.63, 3.8) is 0 Å². The van der Waals surface area contributed by atoms with Crippen molar-refractivity contribution < 1.29 is 14.3 Å². The van der Waals surface area contributed by atoms with Gasteiger partial charge in [-0.05, 0) is 49.2 Å². The number of nitrogens with one attached hydrogen (secondary N) is 1. The molecule has 0 spiro atoms. The van der Waals surface area contributed by atoms with Crippen molar-refractivity contribution in [3.05, 3.63) is 91.0 Å². The van der Waals surface area contributed by atoms with E-state index in [4.69, 9.17) is 4.74 Å². The highest BCUT2D eigenvalue weighted by Gasteiger charge is 2.44. The molecule has 0 aliphatic carbocycles. The molecule has 0 aromatic heterocycles. The van der Waals surface area contributed by atoms with E-state index in [-0.39, 0.29) is 11.2 Å². The van der Waals surface area contributed by atoms with Crippen molar-refractivity contribution in [2.24, 2.45) is 0 Å². The Hall–Kier alpha value is -2.62. The number of carbonyl (C=O) groups excluding carboxylic acids is 2. The minimum atomic E-state index is -1.85. The first-order valence-corrected chi connectivity index (χ1v) is 13.8. The van der Waals surface area contributed by atoms with Gasteiger partial charge in [0.2, 0.25) is 0 Å². The first-order chi connectivity index (χ1) is 15.7. The number of hydrogen-bond acceptors (Lipinski definition) is 4. The number of ether oxygens (including phenoxy) is 1. The second-order valence-corrected chi connectivity index (χ2v) is 12.3. The van der Waals surface area contributed by atoms with Gasteiger partial charge >= 0.3 is 5.97 Å². The maximum atomic E-state index is 12.2. The Morgan fingerprint density at radius 1 is 0.844 bits per heavy atom. The highest BCUT2D eigenvalue weighted by atomic mass is 32.2. The van der Waals surface area contributed by atoms with E-state index in [0.29, 0.717) is 12.4 Å². The van der Waals surface area contributed by atoms with Crippen LogP contribution in [0.1, 0.15) is 12.8 Å². The molecule has 6 heteroatoms. The predicted octanol–water partition coefficient (Wildman–Crippen LogP) is 4.13. The van der Waals surface area contributed by atoms with E-state index in [9.17, 15) is 9.59 Å².